The number of fused-ring (bicyclic) bond motifs is 4. The van der Waals surface area contributed by atoms with E-state index in [1.165, 1.54) is 66.1 Å². The Kier molecular flexibility index (Phi) is 5.68. The van der Waals surface area contributed by atoms with Gasteiger partial charge < -0.3 is 0 Å². The second-order valence-corrected chi connectivity index (χ2v) is 10.9. The summed E-state index contributed by atoms with van der Waals surface area (Å²) in [5.74, 6) is 0. The lowest BCUT2D eigenvalue weighted by atomic mass is 9.90. The van der Waals surface area contributed by atoms with Crippen LogP contribution in [0.4, 0.5) is 0 Å². The van der Waals surface area contributed by atoms with Crippen molar-refractivity contribution >= 4 is 43.6 Å². The Balaban J connectivity index is 1.56. The molecule has 0 atom stereocenters. The van der Waals surface area contributed by atoms with Crippen LogP contribution in [0.15, 0.2) is 134 Å². The Labute approximate surface area is 244 Å². The number of hydrogen-bond acceptors (Lipinski definition) is 0. The van der Waals surface area contributed by atoms with E-state index in [-0.39, 0.29) is 0 Å². The third-order valence-electron chi connectivity index (χ3n) is 8.68. The van der Waals surface area contributed by atoms with Gasteiger partial charge in [0, 0.05) is 11.1 Å². The topological polar surface area (TPSA) is 17.6 Å². The van der Waals surface area contributed by atoms with Crippen LogP contribution >= 0.6 is 0 Å². The number of imidazole rings is 2. The van der Waals surface area contributed by atoms with Crippen LogP contribution in [0.5, 0.6) is 0 Å². The predicted molar refractivity (Wildman–Crippen MR) is 172 cm³/mol. The summed E-state index contributed by atoms with van der Waals surface area (Å²) in [7, 11) is 0. The standard InChI is InChI=1S/C38H32N4/c1-3-39-25-41(33-19-11-9-17-31(33)39)35-23-21-27-13-5-7-15-29(27)37(35)38-30-16-8-6-14-28(30)22-24-36(38)42-26-40(4-2)32-18-10-12-20-34(32)42/h5-26H,3-4H2,1-2H3/q+2. The smallest absolute Gasteiger partial charge is 0.230 e. The van der Waals surface area contributed by atoms with Crippen LogP contribution in [-0.4, -0.2) is 9.13 Å². The fourth-order valence-corrected chi connectivity index (χ4v) is 6.68. The highest BCUT2D eigenvalue weighted by atomic mass is 15.1. The van der Waals surface area contributed by atoms with Gasteiger partial charge in [-0.1, -0.05) is 84.9 Å². The zero-order valence-electron chi connectivity index (χ0n) is 23.9. The van der Waals surface area contributed by atoms with Gasteiger partial charge in [-0.05, 0) is 71.8 Å². The molecule has 42 heavy (non-hydrogen) atoms. The summed E-state index contributed by atoms with van der Waals surface area (Å²) in [6, 6.07) is 44.2. The minimum Gasteiger partial charge on any atom is -0.230 e. The molecule has 0 aliphatic carbocycles. The molecule has 0 aliphatic rings. The van der Waals surface area contributed by atoms with Crippen molar-refractivity contribution < 1.29 is 9.13 Å². The lowest BCUT2D eigenvalue weighted by molar-refractivity contribution is -0.668. The first kappa shape index (κ1) is 24.6. The van der Waals surface area contributed by atoms with Crippen molar-refractivity contribution in [1.29, 1.82) is 0 Å². The number of nitrogens with zero attached hydrogens (tertiary/aromatic N) is 4. The van der Waals surface area contributed by atoms with Crippen LogP contribution in [0.2, 0.25) is 0 Å². The highest BCUT2D eigenvalue weighted by Crippen LogP contribution is 2.43. The average molecular weight is 545 g/mol. The van der Waals surface area contributed by atoms with Crippen molar-refractivity contribution in [2.45, 2.75) is 26.9 Å². The molecule has 0 amide bonds. The minimum absolute atomic E-state index is 0.905. The molecule has 4 heteroatoms. The number of para-hydroxylation sites is 4. The average Bonchev–Trinajstić information content (AvgIpc) is 3.62. The molecule has 4 nitrogen and oxygen atoms in total. The van der Waals surface area contributed by atoms with E-state index in [2.05, 4.69) is 166 Å². The molecular formula is C38H32N4+2. The van der Waals surface area contributed by atoms with Crippen molar-refractivity contribution in [2.75, 3.05) is 0 Å². The summed E-state index contributed by atoms with van der Waals surface area (Å²) in [4.78, 5) is 0. The van der Waals surface area contributed by atoms with Gasteiger partial charge in [-0.2, -0.15) is 9.13 Å². The SMILES string of the molecule is CC[n+]1cn(-c2ccc3ccccc3c2-c2c(-n3c[n+](CC)c4ccccc43)ccc3ccccc23)c2ccccc21. The monoisotopic (exact) mass is 544 g/mol. The van der Waals surface area contributed by atoms with Crippen LogP contribution in [0, 0.1) is 0 Å². The Bertz CT molecular complexity index is 2120. The third-order valence-corrected chi connectivity index (χ3v) is 8.68. The largest absolute Gasteiger partial charge is 0.249 e. The molecule has 0 spiro atoms. The molecule has 8 rings (SSSR count). The maximum absolute atomic E-state index is 2.38. The first-order valence-corrected chi connectivity index (χ1v) is 14.8. The van der Waals surface area contributed by atoms with Crippen molar-refractivity contribution in [2.24, 2.45) is 0 Å². The summed E-state index contributed by atoms with van der Waals surface area (Å²) in [5, 5.41) is 4.95. The zero-order valence-corrected chi connectivity index (χ0v) is 23.9. The number of hydrogen-bond donors (Lipinski definition) is 0. The van der Waals surface area contributed by atoms with Gasteiger partial charge >= 0.3 is 0 Å². The number of rotatable bonds is 5. The van der Waals surface area contributed by atoms with E-state index in [1.807, 2.05) is 0 Å². The predicted octanol–water partition coefficient (Wildman–Crippen LogP) is 8.16. The first-order valence-electron chi connectivity index (χ1n) is 14.8. The summed E-state index contributed by atoms with van der Waals surface area (Å²) >= 11 is 0. The molecule has 0 bridgehead atoms. The van der Waals surface area contributed by atoms with E-state index in [0.29, 0.717) is 0 Å². The Morgan fingerprint density at radius 2 is 0.857 bits per heavy atom. The quantitative estimate of drug-likeness (QED) is 0.195. The Morgan fingerprint density at radius 3 is 1.31 bits per heavy atom. The van der Waals surface area contributed by atoms with E-state index in [0.717, 1.165) is 13.1 Å². The lowest BCUT2D eigenvalue weighted by Gasteiger charge is -2.16. The van der Waals surface area contributed by atoms with Crippen LogP contribution in [0.1, 0.15) is 13.8 Å². The number of aryl methyl sites for hydroxylation is 2. The van der Waals surface area contributed by atoms with Crippen LogP contribution in [0.25, 0.3) is 66.1 Å². The second kappa shape index (κ2) is 9.71. The van der Waals surface area contributed by atoms with Gasteiger partial charge in [-0.3, -0.25) is 0 Å². The fourth-order valence-electron chi connectivity index (χ4n) is 6.68. The maximum atomic E-state index is 2.38. The highest BCUT2D eigenvalue weighted by Gasteiger charge is 2.27. The normalized spacial score (nSPS) is 11.8. The van der Waals surface area contributed by atoms with E-state index in [1.54, 1.807) is 0 Å². The van der Waals surface area contributed by atoms with Gasteiger partial charge in [0.05, 0.1) is 13.1 Å². The molecule has 2 heterocycles. The second-order valence-electron chi connectivity index (χ2n) is 10.9. The maximum Gasteiger partial charge on any atom is 0.249 e. The van der Waals surface area contributed by atoms with Gasteiger partial charge in [-0.15, -0.1) is 0 Å². The molecule has 0 N–H and O–H groups in total. The lowest BCUT2D eigenvalue weighted by Crippen LogP contribution is -2.30. The molecule has 202 valence electrons. The van der Waals surface area contributed by atoms with Gasteiger partial charge in [0.1, 0.15) is 11.4 Å². The molecule has 0 saturated heterocycles. The summed E-state index contributed by atoms with van der Waals surface area (Å²) in [6.45, 7) is 6.23. The molecule has 0 unspecified atom stereocenters. The Hall–Kier alpha value is -5.22. The van der Waals surface area contributed by atoms with E-state index in [4.69, 9.17) is 0 Å². The van der Waals surface area contributed by atoms with Crippen molar-refractivity contribution in [1.82, 2.24) is 9.13 Å². The van der Waals surface area contributed by atoms with Crippen LogP contribution < -0.4 is 9.13 Å². The van der Waals surface area contributed by atoms with Gasteiger partial charge in [0.2, 0.25) is 12.7 Å². The number of benzene rings is 6. The van der Waals surface area contributed by atoms with Gasteiger partial charge in [0.15, 0.2) is 22.1 Å². The van der Waals surface area contributed by atoms with Crippen molar-refractivity contribution in [3.05, 3.63) is 134 Å². The molecular weight excluding hydrogens is 512 g/mol. The summed E-state index contributed by atoms with van der Waals surface area (Å²) in [6.07, 6.45) is 4.53. The molecule has 0 aliphatic heterocycles. The highest BCUT2D eigenvalue weighted by molar-refractivity contribution is 6.11. The van der Waals surface area contributed by atoms with Crippen molar-refractivity contribution in [3.8, 4) is 22.5 Å². The minimum atomic E-state index is 0.905. The zero-order chi connectivity index (χ0) is 28.2. The van der Waals surface area contributed by atoms with Crippen molar-refractivity contribution in [3.63, 3.8) is 0 Å². The Morgan fingerprint density at radius 1 is 0.452 bits per heavy atom. The van der Waals surface area contributed by atoms with E-state index in [9.17, 15) is 0 Å². The van der Waals surface area contributed by atoms with E-state index < -0.39 is 0 Å². The van der Waals surface area contributed by atoms with Crippen LogP contribution in [0.3, 0.4) is 0 Å². The third kappa shape index (κ3) is 3.61. The molecule has 6 aromatic carbocycles. The molecule has 8 aromatic rings. The van der Waals surface area contributed by atoms with Gasteiger partial charge in [-0.25, -0.2) is 9.13 Å². The first-order chi connectivity index (χ1) is 20.8. The number of aromatic nitrogens is 4. The van der Waals surface area contributed by atoms with Crippen LogP contribution in [-0.2, 0) is 13.1 Å². The molecule has 0 fully saturated rings. The molecule has 0 saturated carbocycles. The molecule has 0 radical (unpaired) electrons. The fraction of sp³-hybridized carbons (Fsp3) is 0.105. The summed E-state index contributed by atoms with van der Waals surface area (Å²) < 4.78 is 9.43. The van der Waals surface area contributed by atoms with E-state index >= 15 is 0 Å². The summed E-state index contributed by atoms with van der Waals surface area (Å²) in [5.41, 5.74) is 9.70. The molecule has 2 aromatic heterocycles. The van der Waals surface area contributed by atoms with Gasteiger partial charge in [0.25, 0.3) is 0 Å².